The third-order valence-electron chi connectivity index (χ3n) is 5.13. The highest BCUT2D eigenvalue weighted by Gasteiger charge is 2.20. The van der Waals surface area contributed by atoms with Crippen LogP contribution in [0, 0.1) is 20.8 Å². The zero-order valence-corrected chi connectivity index (χ0v) is 17.2. The number of nitrogens with zero attached hydrogens (tertiary/aromatic N) is 2. The number of nitrogens with one attached hydrogen (secondary N) is 2. The van der Waals surface area contributed by atoms with Crippen molar-refractivity contribution in [3.63, 3.8) is 0 Å². The van der Waals surface area contributed by atoms with E-state index >= 15 is 0 Å². The van der Waals surface area contributed by atoms with Crippen molar-refractivity contribution in [2.24, 2.45) is 0 Å². The van der Waals surface area contributed by atoms with Crippen LogP contribution in [0.15, 0.2) is 47.5 Å². The number of carbonyl (C=O) groups is 1. The smallest absolute Gasteiger partial charge is 0.254 e. The third kappa shape index (κ3) is 4.77. The Morgan fingerprint density at radius 2 is 1.93 bits per heavy atom. The highest BCUT2D eigenvalue weighted by molar-refractivity contribution is 5.79. The Morgan fingerprint density at radius 3 is 2.55 bits per heavy atom. The van der Waals surface area contributed by atoms with Crippen LogP contribution in [0.1, 0.15) is 52.3 Å². The van der Waals surface area contributed by atoms with Crippen LogP contribution in [0.4, 0.5) is 0 Å². The van der Waals surface area contributed by atoms with E-state index in [0.717, 1.165) is 16.7 Å². The summed E-state index contributed by atoms with van der Waals surface area (Å²) in [6.07, 6.45) is 4.06. The van der Waals surface area contributed by atoms with Gasteiger partial charge >= 0.3 is 0 Å². The zero-order chi connectivity index (χ0) is 21.0. The lowest BCUT2D eigenvalue weighted by atomic mass is 9.96. The molecule has 0 aliphatic carbocycles. The largest absolute Gasteiger partial charge is 0.345 e. The summed E-state index contributed by atoms with van der Waals surface area (Å²) in [6, 6.07) is 9.56. The molecular formula is C23H26N4O2. The summed E-state index contributed by atoms with van der Waals surface area (Å²) in [5, 5.41) is 3.07. The van der Waals surface area contributed by atoms with Crippen LogP contribution in [0.25, 0.3) is 0 Å². The molecule has 0 aliphatic heterocycles. The summed E-state index contributed by atoms with van der Waals surface area (Å²) in [5.74, 6) is 0.386. The lowest BCUT2D eigenvalue weighted by Gasteiger charge is -2.20. The molecule has 0 saturated heterocycles. The van der Waals surface area contributed by atoms with E-state index in [4.69, 9.17) is 0 Å². The predicted molar refractivity (Wildman–Crippen MR) is 113 cm³/mol. The van der Waals surface area contributed by atoms with E-state index in [9.17, 15) is 9.59 Å². The summed E-state index contributed by atoms with van der Waals surface area (Å²) in [6.45, 7) is 7.79. The minimum Gasteiger partial charge on any atom is -0.345 e. The number of amides is 1. The van der Waals surface area contributed by atoms with Crippen molar-refractivity contribution in [2.75, 3.05) is 0 Å². The van der Waals surface area contributed by atoms with Gasteiger partial charge in [-0.2, -0.15) is 0 Å². The molecule has 6 nitrogen and oxygen atoms in total. The molecule has 0 aliphatic rings. The van der Waals surface area contributed by atoms with Gasteiger partial charge in [0.25, 0.3) is 5.56 Å². The van der Waals surface area contributed by atoms with Crippen LogP contribution in [0.5, 0.6) is 0 Å². The van der Waals surface area contributed by atoms with Gasteiger partial charge in [-0.1, -0.05) is 31.2 Å². The number of aromatic amines is 1. The fourth-order valence-electron chi connectivity index (χ4n) is 3.27. The normalized spacial score (nSPS) is 11.9. The molecule has 150 valence electrons. The van der Waals surface area contributed by atoms with Gasteiger partial charge in [0.05, 0.1) is 12.5 Å². The van der Waals surface area contributed by atoms with Crippen molar-refractivity contribution in [1.82, 2.24) is 20.3 Å². The first-order valence-electron chi connectivity index (χ1n) is 9.74. The molecule has 0 saturated carbocycles. The van der Waals surface area contributed by atoms with Gasteiger partial charge in [0.15, 0.2) is 0 Å². The van der Waals surface area contributed by atoms with Crippen molar-refractivity contribution in [2.45, 2.75) is 46.6 Å². The fourth-order valence-corrected chi connectivity index (χ4v) is 3.27. The molecule has 1 atom stereocenters. The van der Waals surface area contributed by atoms with Gasteiger partial charge in [-0.25, -0.2) is 4.98 Å². The second-order valence-corrected chi connectivity index (χ2v) is 7.24. The molecule has 29 heavy (non-hydrogen) atoms. The van der Waals surface area contributed by atoms with E-state index in [-0.39, 0.29) is 23.9 Å². The number of rotatable bonds is 6. The van der Waals surface area contributed by atoms with Gasteiger partial charge in [0.1, 0.15) is 5.82 Å². The Bertz CT molecular complexity index is 1070. The van der Waals surface area contributed by atoms with E-state index in [2.05, 4.69) is 33.3 Å². The van der Waals surface area contributed by atoms with E-state index < -0.39 is 0 Å². The Kier molecular flexibility index (Phi) is 6.22. The monoisotopic (exact) mass is 390 g/mol. The number of H-pyrrole nitrogens is 1. The molecule has 0 unspecified atom stereocenters. The van der Waals surface area contributed by atoms with Gasteiger partial charge in [-0.3, -0.25) is 14.6 Å². The Hall–Kier alpha value is -3.28. The highest BCUT2D eigenvalue weighted by Crippen LogP contribution is 2.23. The van der Waals surface area contributed by atoms with E-state index in [0.29, 0.717) is 23.5 Å². The minimum absolute atomic E-state index is 0.0280. The average Bonchev–Trinajstić information content (AvgIpc) is 2.71. The Labute approximate surface area is 170 Å². The van der Waals surface area contributed by atoms with Gasteiger partial charge in [0.2, 0.25) is 5.91 Å². The maximum absolute atomic E-state index is 12.9. The topological polar surface area (TPSA) is 87.7 Å². The van der Waals surface area contributed by atoms with Crippen LogP contribution in [-0.4, -0.2) is 20.9 Å². The lowest BCUT2D eigenvalue weighted by molar-refractivity contribution is -0.121. The molecule has 0 bridgehead atoms. The Balaban J connectivity index is 1.89. The maximum atomic E-state index is 12.9. The van der Waals surface area contributed by atoms with Crippen molar-refractivity contribution >= 4 is 5.91 Å². The van der Waals surface area contributed by atoms with Crippen LogP contribution in [-0.2, 0) is 17.6 Å². The summed E-state index contributed by atoms with van der Waals surface area (Å²) in [5.41, 5.74) is 4.92. The summed E-state index contributed by atoms with van der Waals surface area (Å²) >= 11 is 0. The van der Waals surface area contributed by atoms with E-state index in [1.54, 1.807) is 19.3 Å². The first-order chi connectivity index (χ1) is 13.9. The van der Waals surface area contributed by atoms with Gasteiger partial charge in [-0.15, -0.1) is 0 Å². The van der Waals surface area contributed by atoms with Gasteiger partial charge in [-0.05, 0) is 49.1 Å². The van der Waals surface area contributed by atoms with Gasteiger partial charge in [0, 0.05) is 30.1 Å². The van der Waals surface area contributed by atoms with E-state index in [1.807, 2.05) is 38.1 Å². The first-order valence-corrected chi connectivity index (χ1v) is 9.74. The van der Waals surface area contributed by atoms with Gasteiger partial charge < -0.3 is 10.3 Å². The standard InChI is InChI=1S/C23H26N4O2/c1-5-20-25-16(4)19(23(29)26-20)12-21(28)27-22(18-7-6-10-24-13-18)17-9-8-14(2)15(3)11-17/h6-11,13,22H,5,12H2,1-4H3,(H,27,28)(H,25,26,29)/t22-/m0/s1. The zero-order valence-electron chi connectivity index (χ0n) is 17.2. The number of aromatic nitrogens is 3. The SMILES string of the molecule is CCc1nc(C)c(CC(=O)N[C@H](c2cccnc2)c2ccc(C)c(C)c2)c(=O)[nH]1. The number of hydrogen-bond donors (Lipinski definition) is 2. The second-order valence-electron chi connectivity index (χ2n) is 7.24. The average molecular weight is 390 g/mol. The molecule has 0 fully saturated rings. The molecule has 2 heterocycles. The number of aryl methyl sites for hydroxylation is 4. The lowest BCUT2D eigenvalue weighted by Crippen LogP contribution is -2.33. The summed E-state index contributed by atoms with van der Waals surface area (Å²) in [7, 11) is 0. The molecule has 3 rings (SSSR count). The van der Waals surface area contributed by atoms with E-state index in [1.165, 1.54) is 5.56 Å². The molecule has 2 N–H and O–H groups in total. The van der Waals surface area contributed by atoms with Crippen LogP contribution in [0.2, 0.25) is 0 Å². The fraction of sp³-hybridized carbons (Fsp3) is 0.304. The number of hydrogen-bond acceptors (Lipinski definition) is 4. The second kappa shape index (κ2) is 8.82. The van der Waals surface area contributed by atoms with Crippen LogP contribution in [0.3, 0.4) is 0 Å². The summed E-state index contributed by atoms with van der Waals surface area (Å²) in [4.78, 5) is 36.6. The number of benzene rings is 1. The molecule has 0 spiro atoms. The molecule has 1 aromatic carbocycles. The molecular weight excluding hydrogens is 364 g/mol. The molecule has 3 aromatic rings. The summed E-state index contributed by atoms with van der Waals surface area (Å²) < 4.78 is 0. The number of pyridine rings is 1. The molecule has 0 radical (unpaired) electrons. The Morgan fingerprint density at radius 1 is 1.14 bits per heavy atom. The molecule has 2 aromatic heterocycles. The molecule has 6 heteroatoms. The maximum Gasteiger partial charge on any atom is 0.254 e. The predicted octanol–water partition coefficient (Wildman–Crippen LogP) is 3.10. The van der Waals surface area contributed by atoms with Crippen molar-refractivity contribution in [3.05, 3.63) is 92.4 Å². The minimum atomic E-state index is -0.349. The van der Waals surface area contributed by atoms with Crippen LogP contribution < -0.4 is 10.9 Å². The first kappa shape index (κ1) is 20.5. The molecule has 1 amide bonds. The third-order valence-corrected chi connectivity index (χ3v) is 5.13. The quantitative estimate of drug-likeness (QED) is 0.677. The van der Waals surface area contributed by atoms with Crippen LogP contribution >= 0.6 is 0 Å². The van der Waals surface area contributed by atoms with Crippen molar-refractivity contribution in [3.8, 4) is 0 Å². The van der Waals surface area contributed by atoms with Crippen molar-refractivity contribution < 1.29 is 4.79 Å². The van der Waals surface area contributed by atoms with Crippen molar-refractivity contribution in [1.29, 1.82) is 0 Å². The number of carbonyl (C=O) groups excluding carboxylic acids is 1. The highest BCUT2D eigenvalue weighted by atomic mass is 16.2.